The van der Waals surface area contributed by atoms with Crippen LogP contribution in [0.15, 0.2) is 195 Å². The number of hydrogen-bond donors (Lipinski definition) is 7. The van der Waals surface area contributed by atoms with Crippen LogP contribution in [0, 0.1) is 0 Å². The molecule has 0 bridgehead atoms. The van der Waals surface area contributed by atoms with Gasteiger partial charge in [0.2, 0.25) is 20.0 Å². The molecule has 112 heavy (non-hydrogen) atoms. The van der Waals surface area contributed by atoms with Crippen molar-refractivity contribution in [2.24, 2.45) is 5.73 Å². The zero-order valence-corrected chi connectivity index (χ0v) is 73.3. The molecule has 596 valence electrons. The lowest BCUT2D eigenvalue weighted by Crippen LogP contribution is -2.35. The second kappa shape index (κ2) is 44.7. The van der Waals surface area contributed by atoms with Gasteiger partial charge in [-0.15, -0.1) is 45.3 Å². The van der Waals surface area contributed by atoms with E-state index < -0.39 is 67.8 Å². The molecule has 6 aromatic carbocycles. The molecule has 0 fully saturated rings. The highest BCUT2D eigenvalue weighted by molar-refractivity contribution is 9.11. The highest BCUT2D eigenvalue weighted by atomic mass is 79.9. The molecule has 27 nitrogen and oxygen atoms in total. The summed E-state index contributed by atoms with van der Waals surface area (Å²) in [6.45, 7) is 9.83. The number of carbonyl (C=O) groups is 8. The minimum absolute atomic E-state index is 0.0121. The zero-order valence-electron chi connectivity index (χ0n) is 62.0. The van der Waals surface area contributed by atoms with Crippen LogP contribution in [0.4, 0.5) is 14.7 Å². The number of rotatable bonds is 23. The number of halogens is 4. The van der Waals surface area contributed by atoms with Gasteiger partial charge in [0, 0.05) is 95.4 Å². The zero-order chi connectivity index (χ0) is 83.3. The third-order valence-corrected chi connectivity index (χ3v) is 23.4. The smallest absolute Gasteiger partial charge is 0.408 e. The van der Waals surface area contributed by atoms with Crippen molar-refractivity contribution in [3.05, 3.63) is 211 Å². The van der Waals surface area contributed by atoms with Crippen LogP contribution in [-0.4, -0.2) is 169 Å². The van der Waals surface area contributed by atoms with Crippen LogP contribution >= 0.6 is 109 Å². The van der Waals surface area contributed by atoms with Gasteiger partial charge < -0.3 is 47.1 Å². The third-order valence-electron chi connectivity index (χ3n) is 13.8. The van der Waals surface area contributed by atoms with Crippen molar-refractivity contribution in [2.45, 2.75) is 81.8 Å². The maximum atomic E-state index is 12.4. The fraction of sp³-hybridized carbons (Fsp3) is 0.253. The Balaban J connectivity index is 0.000000249. The van der Waals surface area contributed by atoms with Gasteiger partial charge in [-0.1, -0.05) is 149 Å². The summed E-state index contributed by atoms with van der Waals surface area (Å²) in [6, 6.07) is 42.3. The first-order chi connectivity index (χ1) is 52.6. The first kappa shape index (κ1) is 93.9. The van der Waals surface area contributed by atoms with Crippen LogP contribution < -0.4 is 27.4 Å². The van der Waals surface area contributed by atoms with E-state index in [1.54, 1.807) is 41.5 Å². The van der Waals surface area contributed by atoms with Gasteiger partial charge in [0.05, 0.1) is 77.0 Å². The van der Waals surface area contributed by atoms with Crippen molar-refractivity contribution in [1.29, 1.82) is 0 Å². The summed E-state index contributed by atoms with van der Waals surface area (Å²) >= 11 is 19.7. The number of sulfonamides is 2. The van der Waals surface area contributed by atoms with Crippen molar-refractivity contribution in [1.82, 2.24) is 44.5 Å². The van der Waals surface area contributed by atoms with E-state index in [9.17, 15) is 55.2 Å². The Morgan fingerprint density at radius 1 is 0.446 bits per heavy atom. The second-order valence-electron chi connectivity index (χ2n) is 25.4. The molecular weight excluding hydrogens is 1820 g/mol. The molecule has 4 heterocycles. The molecule has 4 aromatic heterocycles. The van der Waals surface area contributed by atoms with E-state index in [-0.39, 0.29) is 70.7 Å². The summed E-state index contributed by atoms with van der Waals surface area (Å²) < 4.78 is 63.6. The minimum atomic E-state index is -3.65. The summed E-state index contributed by atoms with van der Waals surface area (Å²) in [5, 5.41) is 34.5. The van der Waals surface area contributed by atoms with Gasteiger partial charge in [-0.3, -0.25) is 24.0 Å². The Labute approximate surface area is 698 Å². The van der Waals surface area contributed by atoms with E-state index in [0.717, 1.165) is 87.6 Å². The van der Waals surface area contributed by atoms with Gasteiger partial charge >= 0.3 is 24.1 Å². The summed E-state index contributed by atoms with van der Waals surface area (Å²) in [5.74, 6) is -3.06. The predicted octanol–water partition coefficient (Wildman–Crippen LogP) is 14.6. The number of anilines is 1. The standard InChI is InChI=1S/C21H20BrN3O4S2.C17H19BrN2O3S.C12H11BrN2OS.C9H7BrN2S.C9H11NO4S.C7H13NO4/c1-25(2)31(28,29)16-7-5-6-14(10-16)21(27)23-12-15(26)11-20-24-19(13-30-20)17-8-3-4-9-18(17)22;1-17(2,3)23-16(22)19-9-11(21)8-15-20-14(10-24-15)12-6-4-5-7-13(12)18;13-10-4-2-1-3-9(10)11-7-17-12(15-11)5-8(16)6-14;10-7-4-2-1-3-6(7)8-5-13-9(11)12-8;1-10(2)15(13,14)8-5-3-4-7(6-8)9(11)12;1-7(2,3)12-6(11)8-4-5(9)10/h3-10,13H,11-12H2,1-2H3,(H,23,27);4-7,10H,8-9H2,1-3H3,(H,19,22);1-4,7H,5-6,14H2;1-5H,(H2,11,12);3-6H,1-2H3,(H,11,12);4H2,1-3H3,(H,8,11)(H,9,10). The SMILES string of the molecule is CC(C)(C)OC(=O)NCC(=O)Cc1nc(-c2ccccc2Br)cs1.CC(C)(C)OC(=O)NCC(=O)O.CN(C)S(=O)(=O)c1cccc(C(=O)NCC(=O)Cc2nc(-c3ccccc3Br)cs2)c1.CN(C)S(=O)(=O)c1cccc(C(=O)O)c1.NCC(=O)Cc1nc(-c2ccccc2Br)cs1.Nc1nc(-c2ccccc2Br)cs1. The number of alkyl carbamates (subject to hydrolysis) is 2. The van der Waals surface area contributed by atoms with Gasteiger partial charge in [0.25, 0.3) is 5.91 Å². The number of thiazole rings is 4. The molecule has 0 atom stereocenters. The van der Waals surface area contributed by atoms with Gasteiger partial charge in [-0.05, 0) is 102 Å². The Hall–Kier alpha value is -8.70. The van der Waals surface area contributed by atoms with Crippen LogP contribution in [0.2, 0.25) is 0 Å². The number of ether oxygens (including phenoxy) is 2. The molecule has 9 N–H and O–H groups in total. The molecular formula is C75H81Br4N11O16S6. The number of ketones is 3. The maximum Gasteiger partial charge on any atom is 0.408 e. The number of nitrogen functional groups attached to an aromatic ring is 1. The van der Waals surface area contributed by atoms with Gasteiger partial charge in [0.15, 0.2) is 22.5 Å². The van der Waals surface area contributed by atoms with Crippen LogP contribution in [0.25, 0.3) is 45.0 Å². The summed E-state index contributed by atoms with van der Waals surface area (Å²) in [6.07, 6.45) is -0.699. The number of benzene rings is 6. The van der Waals surface area contributed by atoms with Crippen molar-refractivity contribution in [2.75, 3.05) is 60.1 Å². The van der Waals surface area contributed by atoms with E-state index in [0.29, 0.717) is 16.6 Å². The molecule has 0 saturated heterocycles. The third kappa shape index (κ3) is 32.1. The van der Waals surface area contributed by atoms with E-state index in [2.05, 4.69) is 99.6 Å². The number of nitrogens with one attached hydrogen (secondary N) is 3. The lowest BCUT2D eigenvalue weighted by Gasteiger charge is -2.19. The minimum Gasteiger partial charge on any atom is -0.480 e. The molecule has 0 aliphatic rings. The molecule has 0 saturated carbocycles. The van der Waals surface area contributed by atoms with Gasteiger partial charge in [-0.2, -0.15) is 0 Å². The Morgan fingerprint density at radius 3 is 1.09 bits per heavy atom. The number of carboxylic acids is 2. The average molecular weight is 1900 g/mol. The molecule has 37 heteroatoms. The molecule has 0 spiro atoms. The van der Waals surface area contributed by atoms with Crippen molar-refractivity contribution in [3.63, 3.8) is 0 Å². The highest BCUT2D eigenvalue weighted by Crippen LogP contribution is 2.33. The fourth-order valence-electron chi connectivity index (χ4n) is 8.57. The quantitative estimate of drug-likeness (QED) is 0.0313. The largest absolute Gasteiger partial charge is 0.480 e. The lowest BCUT2D eigenvalue weighted by atomic mass is 10.2. The first-order valence-electron chi connectivity index (χ1n) is 33.1. The summed E-state index contributed by atoms with van der Waals surface area (Å²) in [7, 11) is -1.60. The number of Topliss-reactive ketones (excluding diaryl/α,β-unsaturated/α-hetero) is 3. The van der Waals surface area contributed by atoms with E-state index in [1.165, 1.54) is 116 Å². The number of carbonyl (C=O) groups excluding carboxylic acids is 6. The van der Waals surface area contributed by atoms with E-state index >= 15 is 0 Å². The van der Waals surface area contributed by atoms with E-state index in [1.807, 2.05) is 119 Å². The molecule has 0 unspecified atom stereocenters. The predicted molar refractivity (Wildman–Crippen MR) is 451 cm³/mol. The highest BCUT2D eigenvalue weighted by Gasteiger charge is 2.23. The van der Waals surface area contributed by atoms with Crippen molar-refractivity contribution < 1.29 is 74.9 Å². The Kier molecular flexibility index (Phi) is 37.4. The average Bonchev–Trinajstić information content (AvgIpc) is 1.57. The number of nitrogens with two attached hydrogens (primary N) is 2. The Bertz CT molecular complexity index is 5140. The van der Waals surface area contributed by atoms with Crippen molar-refractivity contribution in [3.8, 4) is 45.0 Å². The van der Waals surface area contributed by atoms with E-state index in [4.69, 9.17) is 31.2 Å². The number of carboxylic acid groups (broad SMARTS) is 2. The maximum absolute atomic E-state index is 12.4. The second-order valence-corrected chi connectivity index (χ2v) is 36.9. The topological polar surface area (TPSA) is 410 Å². The van der Waals surface area contributed by atoms with Crippen LogP contribution in [0.5, 0.6) is 0 Å². The normalized spacial score (nSPS) is 11.0. The van der Waals surface area contributed by atoms with Crippen LogP contribution in [0.1, 0.15) is 77.3 Å². The van der Waals surface area contributed by atoms with Crippen LogP contribution in [0.3, 0.4) is 0 Å². The van der Waals surface area contributed by atoms with Gasteiger partial charge in [-0.25, -0.2) is 59.8 Å². The van der Waals surface area contributed by atoms with Crippen LogP contribution in [-0.2, 0) is 68.0 Å². The number of nitrogens with zero attached hydrogens (tertiary/aromatic N) is 6. The number of aliphatic carboxylic acids is 1. The van der Waals surface area contributed by atoms with Gasteiger partial charge in [0.1, 0.15) is 32.8 Å². The number of aromatic carboxylic acids is 1. The monoisotopic (exact) mass is 1900 g/mol. The Morgan fingerprint density at radius 2 is 0.768 bits per heavy atom. The molecule has 10 rings (SSSR count). The molecule has 3 amide bonds. The molecule has 10 aromatic rings. The lowest BCUT2D eigenvalue weighted by molar-refractivity contribution is -0.136. The molecule has 0 radical (unpaired) electrons. The number of amides is 3. The van der Waals surface area contributed by atoms with Crippen molar-refractivity contribution >= 4 is 182 Å². The number of aromatic nitrogens is 4. The molecule has 0 aliphatic heterocycles. The summed E-state index contributed by atoms with van der Waals surface area (Å²) in [4.78, 5) is 108. The first-order valence-corrected chi connectivity index (χ1v) is 42.7. The fourth-order valence-corrected chi connectivity index (χ4v) is 15.5. The molecule has 0 aliphatic carbocycles. The number of hydrogen-bond acceptors (Lipinski definition) is 24. The summed E-state index contributed by atoms with van der Waals surface area (Å²) in [5.41, 5.74) is 17.3.